The van der Waals surface area contributed by atoms with E-state index in [2.05, 4.69) is 5.10 Å². The van der Waals surface area contributed by atoms with Crippen LogP contribution in [-0.4, -0.2) is 27.1 Å². The van der Waals surface area contributed by atoms with Crippen LogP contribution in [0.25, 0.3) is 5.69 Å². The Morgan fingerprint density at radius 2 is 1.94 bits per heavy atom. The van der Waals surface area contributed by atoms with E-state index in [1.54, 1.807) is 23.1 Å². The normalized spacial score (nSPS) is 18.0. The van der Waals surface area contributed by atoms with Gasteiger partial charge >= 0.3 is 0 Å². The fraction of sp³-hybridized carbons (Fsp3) is 0.333. The topological polar surface area (TPSA) is 69.0 Å². The van der Waals surface area contributed by atoms with E-state index in [9.17, 15) is 14.4 Å². The van der Waals surface area contributed by atoms with Crippen LogP contribution in [0.15, 0.2) is 48.8 Å². The molecule has 2 unspecified atom stereocenters. The van der Waals surface area contributed by atoms with Gasteiger partial charge in [0.1, 0.15) is 17.5 Å². The van der Waals surface area contributed by atoms with E-state index in [1.807, 2.05) is 44.2 Å². The molecule has 0 amide bonds. The summed E-state index contributed by atoms with van der Waals surface area (Å²) >= 11 is 12.0. The second-order valence-electron chi connectivity index (χ2n) is 8.87. The Hall–Kier alpha value is -2.76. The van der Waals surface area contributed by atoms with E-state index in [0.29, 0.717) is 29.3 Å². The SMILES string of the molecule is CCc1cc(-n2cc(Cl)cn2)cc(C)c1C1C(=O)CC(CC(=O)CCc2cccc(Cl)c2)C1=O. The maximum Gasteiger partial charge on any atom is 0.151 e. The van der Waals surface area contributed by atoms with Crippen molar-refractivity contribution in [3.63, 3.8) is 0 Å². The minimum atomic E-state index is -0.809. The van der Waals surface area contributed by atoms with Crippen molar-refractivity contribution in [1.82, 2.24) is 9.78 Å². The average Bonchev–Trinajstić information content (AvgIpc) is 3.35. The Kier molecular flexibility index (Phi) is 7.34. The average molecular weight is 497 g/mol. The molecule has 1 aromatic heterocycles. The molecule has 3 aromatic rings. The van der Waals surface area contributed by atoms with Crippen LogP contribution in [0.1, 0.15) is 54.4 Å². The van der Waals surface area contributed by atoms with E-state index in [-0.39, 0.29) is 30.2 Å². The minimum Gasteiger partial charge on any atom is -0.300 e. The lowest BCUT2D eigenvalue weighted by atomic mass is 9.85. The Labute approximate surface area is 209 Å². The molecule has 1 heterocycles. The van der Waals surface area contributed by atoms with Crippen LogP contribution in [0.2, 0.25) is 10.0 Å². The predicted molar refractivity (Wildman–Crippen MR) is 133 cm³/mol. The van der Waals surface area contributed by atoms with Crippen LogP contribution in [-0.2, 0) is 27.2 Å². The van der Waals surface area contributed by atoms with Crippen molar-refractivity contribution in [3.8, 4) is 5.69 Å². The molecule has 0 bridgehead atoms. The van der Waals surface area contributed by atoms with Crippen LogP contribution in [0.5, 0.6) is 0 Å². The lowest BCUT2D eigenvalue weighted by molar-refractivity contribution is -0.127. The number of benzene rings is 2. The van der Waals surface area contributed by atoms with E-state index in [0.717, 1.165) is 27.9 Å². The highest BCUT2D eigenvalue weighted by Crippen LogP contribution is 2.38. The summed E-state index contributed by atoms with van der Waals surface area (Å²) in [5, 5.41) is 5.42. The number of nitrogens with zero attached hydrogens (tertiary/aromatic N) is 2. The first-order valence-electron chi connectivity index (χ1n) is 11.4. The van der Waals surface area contributed by atoms with Crippen LogP contribution in [0, 0.1) is 12.8 Å². The summed E-state index contributed by atoms with van der Waals surface area (Å²) < 4.78 is 1.68. The number of aryl methyl sites for hydroxylation is 3. The number of Topliss-reactive ketones (excluding diaryl/α,β-unsaturated/α-hetero) is 3. The summed E-state index contributed by atoms with van der Waals surface area (Å²) in [5.74, 6) is -1.63. The van der Waals surface area contributed by atoms with Crippen molar-refractivity contribution in [2.24, 2.45) is 5.92 Å². The van der Waals surface area contributed by atoms with Gasteiger partial charge in [0.2, 0.25) is 0 Å². The van der Waals surface area contributed by atoms with Crippen molar-refractivity contribution < 1.29 is 14.4 Å². The molecule has 176 valence electrons. The van der Waals surface area contributed by atoms with E-state index < -0.39 is 11.8 Å². The van der Waals surface area contributed by atoms with Crippen molar-refractivity contribution in [1.29, 1.82) is 0 Å². The van der Waals surface area contributed by atoms with Crippen LogP contribution in [0.3, 0.4) is 0 Å². The lowest BCUT2D eigenvalue weighted by Gasteiger charge is -2.18. The summed E-state index contributed by atoms with van der Waals surface area (Å²) in [5.41, 5.74) is 4.38. The van der Waals surface area contributed by atoms with Gasteiger partial charge in [-0.3, -0.25) is 14.4 Å². The second kappa shape index (κ2) is 10.2. The van der Waals surface area contributed by atoms with Gasteiger partial charge in [-0.15, -0.1) is 0 Å². The standard InChI is InChI=1S/C27H26Cl2N2O3/c1-3-18-11-22(31-15-21(29)14-30-31)9-16(2)25(18)26-24(33)13-19(27(26)34)12-23(32)8-7-17-5-4-6-20(28)10-17/h4-6,9-11,14-15,19,26H,3,7-8,12-13H2,1-2H3. The first-order chi connectivity index (χ1) is 16.3. The van der Waals surface area contributed by atoms with Crippen LogP contribution in [0.4, 0.5) is 0 Å². The van der Waals surface area contributed by atoms with Gasteiger partial charge in [0.05, 0.1) is 16.9 Å². The second-order valence-corrected chi connectivity index (χ2v) is 9.74. The molecule has 4 rings (SSSR count). The van der Waals surface area contributed by atoms with Gasteiger partial charge in [0.25, 0.3) is 0 Å². The Morgan fingerprint density at radius 3 is 2.62 bits per heavy atom. The molecule has 0 aliphatic heterocycles. The number of carbonyl (C=O) groups excluding carboxylic acids is 3. The fourth-order valence-electron chi connectivity index (χ4n) is 4.82. The number of carbonyl (C=O) groups is 3. The third kappa shape index (κ3) is 5.16. The van der Waals surface area contributed by atoms with Crippen LogP contribution < -0.4 is 0 Å². The Morgan fingerprint density at radius 1 is 1.15 bits per heavy atom. The van der Waals surface area contributed by atoms with Gasteiger partial charge in [0.15, 0.2) is 5.78 Å². The number of halogens is 2. The molecule has 0 N–H and O–H groups in total. The summed E-state index contributed by atoms with van der Waals surface area (Å²) in [6, 6.07) is 11.3. The summed E-state index contributed by atoms with van der Waals surface area (Å²) in [4.78, 5) is 38.9. The number of hydrogen-bond donors (Lipinski definition) is 0. The maximum atomic E-state index is 13.3. The third-order valence-electron chi connectivity index (χ3n) is 6.45. The van der Waals surface area contributed by atoms with E-state index >= 15 is 0 Å². The zero-order valence-electron chi connectivity index (χ0n) is 19.2. The maximum absolute atomic E-state index is 13.3. The number of aromatic nitrogens is 2. The molecule has 34 heavy (non-hydrogen) atoms. The van der Waals surface area contributed by atoms with Gasteiger partial charge in [-0.1, -0.05) is 42.3 Å². The number of ketones is 3. The first-order valence-corrected chi connectivity index (χ1v) is 12.2. The Balaban J connectivity index is 1.50. The largest absolute Gasteiger partial charge is 0.300 e. The van der Waals surface area contributed by atoms with Gasteiger partial charge < -0.3 is 0 Å². The molecule has 1 fully saturated rings. The monoisotopic (exact) mass is 496 g/mol. The van der Waals surface area contributed by atoms with Gasteiger partial charge in [-0.25, -0.2) is 4.68 Å². The first kappa shape index (κ1) is 24.4. The van der Waals surface area contributed by atoms with Gasteiger partial charge in [0, 0.05) is 36.4 Å². The molecule has 0 spiro atoms. The van der Waals surface area contributed by atoms with Crippen molar-refractivity contribution >= 4 is 40.6 Å². The van der Waals surface area contributed by atoms with E-state index in [1.165, 1.54) is 0 Å². The molecule has 1 aliphatic rings. The molecule has 0 saturated heterocycles. The fourth-order valence-corrected chi connectivity index (χ4v) is 5.16. The molecular weight excluding hydrogens is 471 g/mol. The Bertz CT molecular complexity index is 1260. The number of rotatable bonds is 8. The lowest BCUT2D eigenvalue weighted by Crippen LogP contribution is -2.20. The highest BCUT2D eigenvalue weighted by atomic mass is 35.5. The molecule has 1 aliphatic carbocycles. The molecule has 2 aromatic carbocycles. The van der Waals surface area contributed by atoms with Crippen molar-refractivity contribution in [3.05, 3.63) is 81.1 Å². The molecule has 0 radical (unpaired) electrons. The molecular formula is C27H26Cl2N2O3. The molecule has 5 nitrogen and oxygen atoms in total. The minimum absolute atomic E-state index is 0.00915. The molecule has 2 atom stereocenters. The highest BCUT2D eigenvalue weighted by Gasteiger charge is 2.43. The van der Waals surface area contributed by atoms with Crippen molar-refractivity contribution in [2.75, 3.05) is 0 Å². The quantitative estimate of drug-likeness (QED) is 0.365. The van der Waals surface area contributed by atoms with E-state index in [4.69, 9.17) is 23.2 Å². The van der Waals surface area contributed by atoms with Crippen molar-refractivity contribution in [2.45, 2.75) is 51.9 Å². The van der Waals surface area contributed by atoms with Gasteiger partial charge in [-0.2, -0.15) is 5.10 Å². The van der Waals surface area contributed by atoms with Crippen LogP contribution >= 0.6 is 23.2 Å². The molecule has 1 saturated carbocycles. The summed E-state index contributed by atoms with van der Waals surface area (Å²) in [7, 11) is 0. The third-order valence-corrected chi connectivity index (χ3v) is 6.88. The number of hydrogen-bond acceptors (Lipinski definition) is 4. The smallest absolute Gasteiger partial charge is 0.151 e. The predicted octanol–water partition coefficient (Wildman–Crippen LogP) is 5.88. The summed E-state index contributed by atoms with van der Waals surface area (Å²) in [6.07, 6.45) is 5.05. The zero-order chi connectivity index (χ0) is 24.4. The summed E-state index contributed by atoms with van der Waals surface area (Å²) in [6.45, 7) is 3.91. The zero-order valence-corrected chi connectivity index (χ0v) is 20.7. The van der Waals surface area contributed by atoms with Gasteiger partial charge in [-0.05, 0) is 66.3 Å². The highest BCUT2D eigenvalue weighted by molar-refractivity contribution is 6.30. The molecule has 7 heteroatoms.